The van der Waals surface area contributed by atoms with Gasteiger partial charge >= 0.3 is 0 Å². The normalized spacial score (nSPS) is 12.4. The lowest BCUT2D eigenvalue weighted by Crippen LogP contribution is -2.24. The predicted molar refractivity (Wildman–Crippen MR) is 94.4 cm³/mol. The fraction of sp³-hybridized carbons (Fsp3) is 0.400. The van der Waals surface area contributed by atoms with E-state index in [1.807, 2.05) is 32.9 Å². The average Bonchev–Trinajstić information content (AvgIpc) is 2.84. The van der Waals surface area contributed by atoms with Crippen LogP contribution in [0.2, 0.25) is 5.02 Å². The zero-order chi connectivity index (χ0) is 17.1. The molecule has 6 nitrogen and oxygen atoms in total. The lowest BCUT2D eigenvalue weighted by Gasteiger charge is -2.12. The zero-order valence-electron chi connectivity index (χ0n) is 13.5. The maximum atomic E-state index is 12.3. The van der Waals surface area contributed by atoms with Crippen LogP contribution in [0.3, 0.4) is 0 Å². The molecule has 0 aliphatic heterocycles. The summed E-state index contributed by atoms with van der Waals surface area (Å²) in [6, 6.07) is 5.41. The fourth-order valence-electron chi connectivity index (χ4n) is 1.89. The lowest BCUT2D eigenvalue weighted by atomic mass is 10.2. The Kier molecular flexibility index (Phi) is 5.54. The van der Waals surface area contributed by atoms with Crippen LogP contribution in [0.25, 0.3) is 0 Å². The van der Waals surface area contributed by atoms with Crippen LogP contribution in [-0.4, -0.2) is 26.0 Å². The van der Waals surface area contributed by atoms with Gasteiger partial charge in [-0.05, 0) is 31.5 Å². The Bertz CT molecular complexity index is 716. The molecular weight excluding hydrogens is 334 g/mol. The first-order valence-electron chi connectivity index (χ1n) is 7.23. The van der Waals surface area contributed by atoms with E-state index >= 15 is 0 Å². The Balaban J connectivity index is 2.04. The molecule has 23 heavy (non-hydrogen) atoms. The molecule has 0 bridgehead atoms. The second-order valence-electron chi connectivity index (χ2n) is 5.58. The minimum Gasteiger partial charge on any atom is -0.336 e. The van der Waals surface area contributed by atoms with Crippen LogP contribution >= 0.6 is 23.4 Å². The van der Waals surface area contributed by atoms with E-state index < -0.39 is 0 Å². The Morgan fingerprint density at radius 3 is 2.61 bits per heavy atom. The summed E-state index contributed by atoms with van der Waals surface area (Å²) in [5.74, 6) is 6.67. The highest BCUT2D eigenvalue weighted by molar-refractivity contribution is 8.00. The number of halogens is 1. The van der Waals surface area contributed by atoms with Crippen LogP contribution in [-0.2, 0) is 4.79 Å². The quantitative estimate of drug-likeness (QED) is 0.636. The minimum atomic E-state index is -0.374. The van der Waals surface area contributed by atoms with Gasteiger partial charge in [0.1, 0.15) is 0 Å². The van der Waals surface area contributed by atoms with Gasteiger partial charge in [-0.3, -0.25) is 4.79 Å². The van der Waals surface area contributed by atoms with Crippen molar-refractivity contribution in [1.82, 2.24) is 14.9 Å². The van der Waals surface area contributed by atoms with Crippen molar-refractivity contribution >= 4 is 35.0 Å². The van der Waals surface area contributed by atoms with E-state index in [4.69, 9.17) is 17.4 Å². The number of amides is 1. The third kappa shape index (κ3) is 4.17. The van der Waals surface area contributed by atoms with Crippen molar-refractivity contribution in [3.8, 4) is 0 Å². The zero-order valence-corrected chi connectivity index (χ0v) is 15.1. The molecule has 3 N–H and O–H groups in total. The number of aryl methyl sites for hydroxylation is 1. The molecule has 1 atom stereocenters. The molecule has 0 radical (unpaired) electrons. The molecule has 8 heteroatoms. The number of nitrogens with one attached hydrogen (secondary N) is 1. The molecule has 0 spiro atoms. The smallest absolute Gasteiger partial charge is 0.237 e. The number of hydrogen-bond donors (Lipinski definition) is 2. The number of thioether (sulfide) groups is 1. The third-order valence-electron chi connectivity index (χ3n) is 3.30. The van der Waals surface area contributed by atoms with Crippen molar-refractivity contribution < 1.29 is 4.79 Å². The fourth-order valence-corrected chi connectivity index (χ4v) is 2.85. The first kappa shape index (κ1) is 17.6. The van der Waals surface area contributed by atoms with Crippen LogP contribution in [0.4, 0.5) is 5.69 Å². The molecule has 0 saturated heterocycles. The Morgan fingerprint density at radius 2 is 2.04 bits per heavy atom. The van der Waals surface area contributed by atoms with E-state index in [1.165, 1.54) is 16.4 Å². The summed E-state index contributed by atoms with van der Waals surface area (Å²) in [4.78, 5) is 12.3. The summed E-state index contributed by atoms with van der Waals surface area (Å²) in [7, 11) is 0. The molecule has 124 valence electrons. The van der Waals surface area contributed by atoms with Gasteiger partial charge in [0.25, 0.3) is 0 Å². The van der Waals surface area contributed by atoms with Crippen molar-refractivity contribution in [2.45, 2.75) is 44.0 Å². The average molecular weight is 354 g/mol. The van der Waals surface area contributed by atoms with E-state index in [1.54, 1.807) is 13.0 Å². The second kappa shape index (κ2) is 7.23. The van der Waals surface area contributed by atoms with Crippen LogP contribution in [0.1, 0.15) is 38.1 Å². The molecule has 0 saturated carbocycles. The van der Waals surface area contributed by atoms with Gasteiger partial charge in [0.2, 0.25) is 11.1 Å². The second-order valence-corrected chi connectivity index (χ2v) is 7.29. The van der Waals surface area contributed by atoms with Crippen molar-refractivity contribution in [3.63, 3.8) is 0 Å². The molecule has 2 rings (SSSR count). The standard InChI is InChI=1S/C15H20ClN5OS/c1-8(2)13-19-20-15(21(13)17)23-10(4)14(22)18-11-6-5-9(3)12(16)7-11/h5-8,10H,17H2,1-4H3,(H,18,22)/t10-/m0/s1. The largest absolute Gasteiger partial charge is 0.336 e. The van der Waals surface area contributed by atoms with Crippen molar-refractivity contribution in [2.75, 3.05) is 11.2 Å². The number of carbonyl (C=O) groups is 1. The number of anilines is 1. The summed E-state index contributed by atoms with van der Waals surface area (Å²) in [6.45, 7) is 7.67. The molecule has 2 aromatic rings. The monoisotopic (exact) mass is 353 g/mol. The van der Waals surface area contributed by atoms with Crippen LogP contribution in [0, 0.1) is 6.92 Å². The molecular formula is C15H20ClN5OS. The summed E-state index contributed by atoms with van der Waals surface area (Å²) >= 11 is 7.33. The molecule has 1 aromatic carbocycles. The molecule has 0 aliphatic rings. The summed E-state index contributed by atoms with van der Waals surface area (Å²) in [5.41, 5.74) is 1.62. The van der Waals surface area contributed by atoms with E-state index in [0.29, 0.717) is 21.7 Å². The number of rotatable bonds is 5. The molecule has 1 amide bonds. The summed E-state index contributed by atoms with van der Waals surface area (Å²) < 4.78 is 1.43. The number of carbonyl (C=O) groups excluding carboxylic acids is 1. The van der Waals surface area contributed by atoms with Gasteiger partial charge in [0, 0.05) is 16.6 Å². The van der Waals surface area contributed by atoms with E-state index in [-0.39, 0.29) is 17.1 Å². The number of nitrogens with zero attached hydrogens (tertiary/aromatic N) is 3. The van der Waals surface area contributed by atoms with Gasteiger partial charge in [0.05, 0.1) is 5.25 Å². The maximum Gasteiger partial charge on any atom is 0.237 e. The van der Waals surface area contributed by atoms with E-state index in [0.717, 1.165) is 5.56 Å². The molecule has 1 aromatic heterocycles. The van der Waals surface area contributed by atoms with Gasteiger partial charge in [-0.25, -0.2) is 4.68 Å². The first-order valence-corrected chi connectivity index (χ1v) is 8.49. The van der Waals surface area contributed by atoms with Crippen LogP contribution < -0.4 is 11.2 Å². The number of nitrogens with two attached hydrogens (primary N) is 1. The Morgan fingerprint density at radius 1 is 1.35 bits per heavy atom. The third-order valence-corrected chi connectivity index (χ3v) is 4.76. The maximum absolute atomic E-state index is 12.3. The topological polar surface area (TPSA) is 85.8 Å². The number of hydrogen-bond acceptors (Lipinski definition) is 5. The van der Waals surface area contributed by atoms with Crippen molar-refractivity contribution in [3.05, 3.63) is 34.6 Å². The van der Waals surface area contributed by atoms with E-state index in [2.05, 4.69) is 15.5 Å². The first-order chi connectivity index (χ1) is 10.8. The molecule has 1 heterocycles. The molecule has 0 fully saturated rings. The van der Waals surface area contributed by atoms with Crippen LogP contribution in [0.15, 0.2) is 23.4 Å². The van der Waals surface area contributed by atoms with Crippen molar-refractivity contribution in [2.24, 2.45) is 0 Å². The number of aromatic nitrogens is 3. The predicted octanol–water partition coefficient (Wildman–Crippen LogP) is 3.20. The van der Waals surface area contributed by atoms with Gasteiger partial charge in [-0.1, -0.05) is 43.3 Å². The Labute approximate surface area is 144 Å². The van der Waals surface area contributed by atoms with Gasteiger partial charge in [-0.2, -0.15) is 0 Å². The summed E-state index contributed by atoms with van der Waals surface area (Å²) in [5, 5.41) is 11.7. The lowest BCUT2D eigenvalue weighted by molar-refractivity contribution is -0.115. The van der Waals surface area contributed by atoms with Gasteiger partial charge in [0.15, 0.2) is 5.82 Å². The number of benzene rings is 1. The van der Waals surface area contributed by atoms with Gasteiger partial charge in [-0.15, -0.1) is 10.2 Å². The van der Waals surface area contributed by atoms with Crippen molar-refractivity contribution in [1.29, 1.82) is 0 Å². The SMILES string of the molecule is Cc1ccc(NC(=O)[C@H](C)Sc2nnc(C(C)C)n2N)cc1Cl. The molecule has 0 unspecified atom stereocenters. The summed E-state index contributed by atoms with van der Waals surface area (Å²) in [6.07, 6.45) is 0. The van der Waals surface area contributed by atoms with Gasteiger partial charge < -0.3 is 11.2 Å². The highest BCUT2D eigenvalue weighted by Crippen LogP contribution is 2.25. The van der Waals surface area contributed by atoms with E-state index in [9.17, 15) is 4.79 Å². The highest BCUT2D eigenvalue weighted by Gasteiger charge is 2.20. The minimum absolute atomic E-state index is 0.149. The van der Waals surface area contributed by atoms with Crippen LogP contribution in [0.5, 0.6) is 0 Å². The highest BCUT2D eigenvalue weighted by atomic mass is 35.5. The Hall–Kier alpha value is -1.73. The number of nitrogen functional groups attached to an aromatic ring is 1. The molecule has 0 aliphatic carbocycles.